The van der Waals surface area contributed by atoms with E-state index in [0.717, 1.165) is 6.54 Å². The molecule has 0 radical (unpaired) electrons. The molecular weight excluding hydrogens is 192 g/mol. The lowest BCUT2D eigenvalue weighted by molar-refractivity contribution is 0.133. The van der Waals surface area contributed by atoms with Crippen molar-refractivity contribution in [3.63, 3.8) is 0 Å². The lowest BCUT2D eigenvalue weighted by Gasteiger charge is -2.33. The number of nitrogens with zero attached hydrogens (tertiary/aromatic N) is 2. The van der Waals surface area contributed by atoms with Crippen LogP contribution in [0.15, 0.2) is 17.5 Å². The van der Waals surface area contributed by atoms with Gasteiger partial charge in [-0.2, -0.15) is 0 Å². The molecular formula is C11H18N2S. The van der Waals surface area contributed by atoms with Gasteiger partial charge < -0.3 is 4.90 Å². The molecule has 1 aromatic rings. The average molecular weight is 210 g/mol. The molecule has 0 atom stereocenters. The summed E-state index contributed by atoms with van der Waals surface area (Å²) in [5, 5.41) is 2.16. The van der Waals surface area contributed by atoms with Crippen molar-refractivity contribution in [2.45, 2.75) is 13.5 Å². The lowest BCUT2D eigenvalue weighted by Crippen LogP contribution is -2.45. The topological polar surface area (TPSA) is 6.48 Å². The average Bonchev–Trinajstić information content (AvgIpc) is 2.72. The van der Waals surface area contributed by atoms with Crippen molar-refractivity contribution in [1.82, 2.24) is 9.80 Å². The first kappa shape index (κ1) is 10.1. The first-order valence-corrected chi connectivity index (χ1v) is 6.23. The van der Waals surface area contributed by atoms with Gasteiger partial charge >= 0.3 is 0 Å². The highest BCUT2D eigenvalue weighted by atomic mass is 32.1. The van der Waals surface area contributed by atoms with Crippen LogP contribution in [0.1, 0.15) is 11.8 Å². The highest BCUT2D eigenvalue weighted by Crippen LogP contribution is 2.13. The zero-order chi connectivity index (χ0) is 9.80. The molecule has 0 bridgehead atoms. The third-order valence-corrected chi connectivity index (χ3v) is 3.73. The predicted molar refractivity (Wildman–Crippen MR) is 61.7 cm³/mol. The van der Waals surface area contributed by atoms with E-state index in [2.05, 4.69) is 34.2 Å². The van der Waals surface area contributed by atoms with E-state index < -0.39 is 0 Å². The summed E-state index contributed by atoms with van der Waals surface area (Å²) < 4.78 is 0. The van der Waals surface area contributed by atoms with E-state index in [9.17, 15) is 0 Å². The standard InChI is InChI=1S/C11H18N2S/c1-2-12-5-7-13(8-6-12)10-11-4-3-9-14-11/h3-4,9H,2,5-8,10H2,1H3. The van der Waals surface area contributed by atoms with E-state index in [1.807, 2.05) is 11.3 Å². The van der Waals surface area contributed by atoms with Crippen LogP contribution in [0.3, 0.4) is 0 Å². The molecule has 1 saturated heterocycles. The van der Waals surface area contributed by atoms with Crippen LogP contribution in [0.25, 0.3) is 0 Å². The van der Waals surface area contributed by atoms with E-state index in [0.29, 0.717) is 0 Å². The summed E-state index contributed by atoms with van der Waals surface area (Å²) in [7, 11) is 0. The smallest absolute Gasteiger partial charge is 0.0328 e. The molecule has 2 nitrogen and oxygen atoms in total. The quantitative estimate of drug-likeness (QED) is 0.751. The van der Waals surface area contributed by atoms with Crippen molar-refractivity contribution < 1.29 is 0 Å². The number of piperazine rings is 1. The molecule has 0 unspecified atom stereocenters. The Morgan fingerprint density at radius 1 is 1.21 bits per heavy atom. The summed E-state index contributed by atoms with van der Waals surface area (Å²) in [4.78, 5) is 6.57. The van der Waals surface area contributed by atoms with Crippen molar-refractivity contribution in [1.29, 1.82) is 0 Å². The van der Waals surface area contributed by atoms with E-state index in [1.54, 1.807) is 0 Å². The fourth-order valence-electron chi connectivity index (χ4n) is 1.89. The molecule has 0 aromatic carbocycles. The number of thiophene rings is 1. The summed E-state index contributed by atoms with van der Waals surface area (Å²) in [5.41, 5.74) is 0. The third-order valence-electron chi connectivity index (χ3n) is 2.87. The van der Waals surface area contributed by atoms with Crippen molar-refractivity contribution in [3.8, 4) is 0 Å². The van der Waals surface area contributed by atoms with Crippen LogP contribution in [-0.4, -0.2) is 42.5 Å². The van der Waals surface area contributed by atoms with Crippen LogP contribution in [0.2, 0.25) is 0 Å². The molecule has 0 N–H and O–H groups in total. The second kappa shape index (κ2) is 4.91. The number of likely N-dealkylation sites (N-methyl/N-ethyl adjacent to an activating group) is 1. The molecule has 0 aliphatic carbocycles. The molecule has 3 heteroatoms. The first-order chi connectivity index (χ1) is 6.88. The first-order valence-electron chi connectivity index (χ1n) is 5.35. The molecule has 1 fully saturated rings. The van der Waals surface area contributed by atoms with Gasteiger partial charge in [-0.15, -0.1) is 11.3 Å². The molecule has 1 aliphatic heterocycles. The summed E-state index contributed by atoms with van der Waals surface area (Å²) >= 11 is 1.87. The third kappa shape index (κ3) is 2.56. The zero-order valence-electron chi connectivity index (χ0n) is 8.78. The molecule has 1 aromatic heterocycles. The molecule has 2 heterocycles. The van der Waals surface area contributed by atoms with Crippen molar-refractivity contribution in [2.75, 3.05) is 32.7 Å². The van der Waals surface area contributed by atoms with E-state index in [4.69, 9.17) is 0 Å². The van der Waals surface area contributed by atoms with Crippen LogP contribution >= 0.6 is 11.3 Å². The Balaban J connectivity index is 1.79. The number of hydrogen-bond donors (Lipinski definition) is 0. The van der Waals surface area contributed by atoms with Crippen molar-refractivity contribution in [3.05, 3.63) is 22.4 Å². The Bertz CT molecular complexity index is 250. The van der Waals surface area contributed by atoms with E-state index in [-0.39, 0.29) is 0 Å². The van der Waals surface area contributed by atoms with Gasteiger partial charge in [0.05, 0.1) is 0 Å². The summed E-state index contributed by atoms with van der Waals surface area (Å²) in [6.45, 7) is 9.53. The Morgan fingerprint density at radius 2 is 1.93 bits per heavy atom. The lowest BCUT2D eigenvalue weighted by atomic mass is 10.3. The van der Waals surface area contributed by atoms with E-state index >= 15 is 0 Å². The maximum atomic E-state index is 2.55. The normalized spacial score (nSPS) is 20.1. The van der Waals surface area contributed by atoms with Gasteiger partial charge in [0.2, 0.25) is 0 Å². The molecule has 1 aliphatic rings. The maximum Gasteiger partial charge on any atom is 0.0328 e. The van der Waals surface area contributed by atoms with Crippen LogP contribution in [-0.2, 0) is 6.54 Å². The largest absolute Gasteiger partial charge is 0.301 e. The predicted octanol–water partition coefficient (Wildman–Crippen LogP) is 1.89. The highest BCUT2D eigenvalue weighted by molar-refractivity contribution is 7.09. The SMILES string of the molecule is CCN1CCN(Cc2cccs2)CC1. The number of rotatable bonds is 3. The van der Waals surface area contributed by atoms with Gasteiger partial charge in [0.1, 0.15) is 0 Å². The van der Waals surface area contributed by atoms with Crippen LogP contribution in [0.4, 0.5) is 0 Å². The maximum absolute atomic E-state index is 2.55. The fourth-order valence-corrected chi connectivity index (χ4v) is 2.63. The summed E-state index contributed by atoms with van der Waals surface area (Å²) in [6.07, 6.45) is 0. The minimum atomic E-state index is 1.15. The Morgan fingerprint density at radius 3 is 2.50 bits per heavy atom. The molecule has 14 heavy (non-hydrogen) atoms. The van der Waals surface area contributed by atoms with Gasteiger partial charge in [-0.05, 0) is 18.0 Å². The van der Waals surface area contributed by atoms with Crippen LogP contribution in [0.5, 0.6) is 0 Å². The molecule has 78 valence electrons. The minimum absolute atomic E-state index is 1.15. The zero-order valence-corrected chi connectivity index (χ0v) is 9.59. The fraction of sp³-hybridized carbons (Fsp3) is 0.636. The number of hydrogen-bond acceptors (Lipinski definition) is 3. The summed E-state index contributed by atoms with van der Waals surface area (Å²) in [5.74, 6) is 0. The van der Waals surface area contributed by atoms with Gasteiger partial charge in [-0.3, -0.25) is 4.90 Å². The Kier molecular flexibility index (Phi) is 3.56. The second-order valence-corrected chi connectivity index (χ2v) is 4.82. The molecule has 0 spiro atoms. The van der Waals surface area contributed by atoms with Crippen molar-refractivity contribution in [2.24, 2.45) is 0 Å². The van der Waals surface area contributed by atoms with E-state index in [1.165, 1.54) is 37.6 Å². The Hall–Kier alpha value is -0.380. The van der Waals surface area contributed by atoms with Crippen LogP contribution < -0.4 is 0 Å². The second-order valence-electron chi connectivity index (χ2n) is 3.79. The van der Waals surface area contributed by atoms with Crippen LogP contribution in [0, 0.1) is 0 Å². The van der Waals surface area contributed by atoms with Crippen molar-refractivity contribution >= 4 is 11.3 Å². The molecule has 0 amide bonds. The van der Waals surface area contributed by atoms with Gasteiger partial charge in [0, 0.05) is 37.6 Å². The summed E-state index contributed by atoms with van der Waals surface area (Å²) in [6, 6.07) is 4.37. The Labute approximate surface area is 90.1 Å². The minimum Gasteiger partial charge on any atom is -0.301 e. The highest BCUT2D eigenvalue weighted by Gasteiger charge is 2.15. The molecule has 2 rings (SSSR count). The van der Waals surface area contributed by atoms with Gasteiger partial charge in [-0.25, -0.2) is 0 Å². The molecule has 0 saturated carbocycles. The monoisotopic (exact) mass is 210 g/mol. The van der Waals surface area contributed by atoms with Gasteiger partial charge in [0.25, 0.3) is 0 Å². The van der Waals surface area contributed by atoms with Gasteiger partial charge in [-0.1, -0.05) is 13.0 Å². The van der Waals surface area contributed by atoms with Gasteiger partial charge in [0.15, 0.2) is 0 Å².